The van der Waals surface area contributed by atoms with E-state index in [2.05, 4.69) is 11.1 Å². The molecule has 1 aromatic carbocycles. The summed E-state index contributed by atoms with van der Waals surface area (Å²) in [6.07, 6.45) is 1.85. The van der Waals surface area contributed by atoms with Gasteiger partial charge in [0.1, 0.15) is 0 Å². The van der Waals surface area contributed by atoms with Gasteiger partial charge in [-0.2, -0.15) is 5.26 Å². The van der Waals surface area contributed by atoms with Crippen LogP contribution in [0.5, 0.6) is 0 Å². The van der Waals surface area contributed by atoms with Crippen molar-refractivity contribution in [1.29, 1.82) is 5.26 Å². The predicted molar refractivity (Wildman–Crippen MR) is 70.0 cm³/mol. The fraction of sp³-hybridized carbons (Fsp3) is 0.286. The molecule has 0 fully saturated rings. The zero-order valence-corrected chi connectivity index (χ0v) is 10.5. The lowest BCUT2D eigenvalue weighted by atomic mass is 10.1. The molecule has 18 heavy (non-hydrogen) atoms. The maximum atomic E-state index is 12.2. The highest BCUT2D eigenvalue weighted by molar-refractivity contribution is 5.97. The number of aromatic amines is 1. The number of hydrogen-bond donors (Lipinski definition) is 1. The van der Waals surface area contributed by atoms with Gasteiger partial charge in [-0.1, -0.05) is 6.07 Å². The Labute approximate surface area is 106 Å². The van der Waals surface area contributed by atoms with Crippen molar-refractivity contribution >= 4 is 16.8 Å². The van der Waals surface area contributed by atoms with Gasteiger partial charge in [0.2, 0.25) is 0 Å². The Morgan fingerprint density at radius 2 is 2.28 bits per heavy atom. The van der Waals surface area contributed by atoms with Crippen molar-refractivity contribution in [3.05, 3.63) is 36.0 Å². The van der Waals surface area contributed by atoms with E-state index in [0.717, 1.165) is 10.9 Å². The average Bonchev–Trinajstić information content (AvgIpc) is 2.84. The molecule has 0 radical (unpaired) electrons. The number of H-pyrrole nitrogens is 1. The van der Waals surface area contributed by atoms with Crippen molar-refractivity contribution in [3.8, 4) is 6.07 Å². The fourth-order valence-electron chi connectivity index (χ4n) is 1.94. The molecule has 1 amide bonds. The molecule has 2 rings (SSSR count). The number of aromatic nitrogens is 1. The minimum Gasteiger partial charge on any atom is -0.361 e. The van der Waals surface area contributed by atoms with Crippen LogP contribution in [-0.2, 0) is 0 Å². The van der Waals surface area contributed by atoms with Gasteiger partial charge in [0.15, 0.2) is 0 Å². The molecule has 1 N–H and O–H groups in total. The van der Waals surface area contributed by atoms with E-state index in [0.29, 0.717) is 12.1 Å². The Bertz CT molecular complexity index is 609. The Morgan fingerprint density at radius 3 is 3.00 bits per heavy atom. The second-order valence-corrected chi connectivity index (χ2v) is 4.50. The number of nitrogens with zero attached hydrogens (tertiary/aromatic N) is 2. The average molecular weight is 241 g/mol. The third kappa shape index (κ3) is 2.35. The van der Waals surface area contributed by atoms with Gasteiger partial charge in [-0.3, -0.25) is 4.79 Å². The second kappa shape index (κ2) is 4.92. The normalized spacial score (nSPS) is 12.1. The molecule has 1 unspecified atom stereocenters. The standard InChI is InChI=1S/C14H15N3O/c1-10(8-15)9-17(2)14(18)12-4-3-11-5-6-16-13(11)7-12/h3-7,10,16H,9H2,1-2H3. The number of nitrogens with one attached hydrogen (secondary N) is 1. The Kier molecular flexibility index (Phi) is 3.33. The maximum absolute atomic E-state index is 12.2. The number of carbonyl (C=O) groups is 1. The summed E-state index contributed by atoms with van der Waals surface area (Å²) in [5.74, 6) is -0.221. The first-order valence-electron chi connectivity index (χ1n) is 5.84. The Balaban J connectivity index is 2.20. The molecule has 1 aromatic heterocycles. The molecule has 92 valence electrons. The van der Waals surface area contributed by atoms with Crippen molar-refractivity contribution in [2.24, 2.45) is 5.92 Å². The summed E-state index contributed by atoms with van der Waals surface area (Å²) >= 11 is 0. The molecule has 1 heterocycles. The summed E-state index contributed by atoms with van der Waals surface area (Å²) in [6.45, 7) is 2.25. The first kappa shape index (κ1) is 12.2. The van der Waals surface area contributed by atoms with Gasteiger partial charge in [-0.05, 0) is 30.5 Å². The first-order chi connectivity index (χ1) is 8.61. The molecule has 0 saturated carbocycles. The quantitative estimate of drug-likeness (QED) is 0.897. The minimum atomic E-state index is -0.159. The number of carbonyl (C=O) groups excluding carboxylic acids is 1. The number of rotatable bonds is 3. The molecule has 1 atom stereocenters. The van der Waals surface area contributed by atoms with Gasteiger partial charge in [-0.25, -0.2) is 0 Å². The van der Waals surface area contributed by atoms with Crippen LogP contribution < -0.4 is 0 Å². The third-order valence-corrected chi connectivity index (χ3v) is 2.92. The van der Waals surface area contributed by atoms with E-state index in [9.17, 15) is 4.79 Å². The van der Waals surface area contributed by atoms with Crippen molar-refractivity contribution in [2.75, 3.05) is 13.6 Å². The minimum absolute atomic E-state index is 0.0615. The maximum Gasteiger partial charge on any atom is 0.253 e. The van der Waals surface area contributed by atoms with Crippen LogP contribution in [0.4, 0.5) is 0 Å². The smallest absolute Gasteiger partial charge is 0.253 e. The van der Waals surface area contributed by atoms with Gasteiger partial charge in [0, 0.05) is 30.9 Å². The molecule has 0 spiro atoms. The van der Waals surface area contributed by atoms with E-state index < -0.39 is 0 Å². The third-order valence-electron chi connectivity index (χ3n) is 2.92. The van der Waals surface area contributed by atoms with Gasteiger partial charge >= 0.3 is 0 Å². The van der Waals surface area contributed by atoms with Crippen LogP contribution in [0.2, 0.25) is 0 Å². The lowest BCUT2D eigenvalue weighted by Crippen LogP contribution is -2.30. The van der Waals surface area contributed by atoms with Gasteiger partial charge in [0.05, 0.1) is 12.0 Å². The van der Waals surface area contributed by atoms with E-state index in [1.54, 1.807) is 18.9 Å². The summed E-state index contributed by atoms with van der Waals surface area (Å²) in [7, 11) is 1.72. The van der Waals surface area contributed by atoms with Crippen LogP contribution in [0.15, 0.2) is 30.5 Å². The summed E-state index contributed by atoms with van der Waals surface area (Å²) < 4.78 is 0. The summed E-state index contributed by atoms with van der Waals surface area (Å²) in [4.78, 5) is 16.8. The molecule has 4 heteroatoms. The van der Waals surface area contributed by atoms with Gasteiger partial charge < -0.3 is 9.88 Å². The highest BCUT2D eigenvalue weighted by atomic mass is 16.2. The lowest BCUT2D eigenvalue weighted by Gasteiger charge is -2.18. The van der Waals surface area contributed by atoms with Crippen molar-refractivity contribution in [3.63, 3.8) is 0 Å². The zero-order chi connectivity index (χ0) is 13.1. The number of hydrogen-bond acceptors (Lipinski definition) is 2. The number of amides is 1. The van der Waals surface area contributed by atoms with Gasteiger partial charge in [-0.15, -0.1) is 0 Å². The van der Waals surface area contributed by atoms with Crippen LogP contribution in [-0.4, -0.2) is 29.4 Å². The van der Waals surface area contributed by atoms with E-state index in [-0.39, 0.29) is 11.8 Å². The summed E-state index contributed by atoms with van der Waals surface area (Å²) in [5.41, 5.74) is 1.58. The largest absolute Gasteiger partial charge is 0.361 e. The highest BCUT2D eigenvalue weighted by Gasteiger charge is 2.14. The second-order valence-electron chi connectivity index (χ2n) is 4.50. The topological polar surface area (TPSA) is 59.9 Å². The summed E-state index contributed by atoms with van der Waals surface area (Å²) in [5, 5.41) is 9.84. The van der Waals surface area contributed by atoms with E-state index >= 15 is 0 Å². The number of nitriles is 1. The molecule has 0 aliphatic rings. The fourth-order valence-corrected chi connectivity index (χ4v) is 1.94. The van der Waals surface area contributed by atoms with E-state index in [4.69, 9.17) is 5.26 Å². The van der Waals surface area contributed by atoms with Crippen molar-refractivity contribution < 1.29 is 4.79 Å². The molecule has 0 saturated heterocycles. The number of benzene rings is 1. The molecular weight excluding hydrogens is 226 g/mol. The van der Waals surface area contributed by atoms with Gasteiger partial charge in [0.25, 0.3) is 5.91 Å². The molecular formula is C14H15N3O. The Morgan fingerprint density at radius 1 is 1.50 bits per heavy atom. The van der Waals surface area contributed by atoms with Crippen molar-refractivity contribution in [1.82, 2.24) is 9.88 Å². The molecule has 0 bridgehead atoms. The summed E-state index contributed by atoms with van der Waals surface area (Å²) in [6, 6.07) is 9.66. The molecule has 2 aromatic rings. The van der Waals surface area contributed by atoms with Crippen LogP contribution in [0.25, 0.3) is 10.9 Å². The first-order valence-corrected chi connectivity index (χ1v) is 5.84. The monoisotopic (exact) mass is 241 g/mol. The zero-order valence-electron chi connectivity index (χ0n) is 10.5. The highest BCUT2D eigenvalue weighted by Crippen LogP contribution is 2.15. The van der Waals surface area contributed by atoms with Crippen LogP contribution in [0.3, 0.4) is 0 Å². The lowest BCUT2D eigenvalue weighted by molar-refractivity contribution is 0.0785. The molecule has 4 nitrogen and oxygen atoms in total. The van der Waals surface area contributed by atoms with Crippen LogP contribution in [0.1, 0.15) is 17.3 Å². The van der Waals surface area contributed by atoms with Crippen LogP contribution >= 0.6 is 0 Å². The molecule has 0 aliphatic carbocycles. The van der Waals surface area contributed by atoms with E-state index in [1.165, 1.54) is 0 Å². The van der Waals surface area contributed by atoms with E-state index in [1.807, 2.05) is 30.5 Å². The Hall–Kier alpha value is -2.28. The molecule has 0 aliphatic heterocycles. The van der Waals surface area contributed by atoms with Crippen molar-refractivity contribution in [2.45, 2.75) is 6.92 Å². The predicted octanol–water partition coefficient (Wildman–Crippen LogP) is 2.40. The SMILES string of the molecule is CC(C#N)CN(C)C(=O)c1ccc2cc[nH]c2c1. The van der Waals surface area contributed by atoms with Crippen LogP contribution in [0, 0.1) is 17.2 Å². The number of fused-ring (bicyclic) bond motifs is 1.